The van der Waals surface area contributed by atoms with Gasteiger partial charge in [-0.3, -0.25) is 14.2 Å². The minimum atomic E-state index is -4.33. The number of aryl methyl sites for hydroxylation is 2. The molecule has 0 saturated carbocycles. The molecule has 0 aliphatic rings. The van der Waals surface area contributed by atoms with Gasteiger partial charge in [0.25, 0.3) is 5.56 Å². The summed E-state index contributed by atoms with van der Waals surface area (Å²) in [5.74, 6) is -0.189. The number of rotatable bonds is 14. The summed E-state index contributed by atoms with van der Waals surface area (Å²) in [6.45, 7) is 3.97. The van der Waals surface area contributed by atoms with Gasteiger partial charge in [0.15, 0.2) is 0 Å². The van der Waals surface area contributed by atoms with Crippen molar-refractivity contribution in [2.45, 2.75) is 84.0 Å². The summed E-state index contributed by atoms with van der Waals surface area (Å²) in [7, 11) is 0. The van der Waals surface area contributed by atoms with E-state index in [4.69, 9.17) is 4.74 Å². The normalized spacial score (nSPS) is 12.3. The lowest BCUT2D eigenvalue weighted by Crippen LogP contribution is -2.43. The summed E-state index contributed by atoms with van der Waals surface area (Å²) in [4.78, 5) is 37.6. The van der Waals surface area contributed by atoms with E-state index in [0.717, 1.165) is 25.9 Å². The van der Waals surface area contributed by atoms with Crippen LogP contribution in [0.2, 0.25) is 0 Å². The second-order valence-corrected chi connectivity index (χ2v) is 9.93. The van der Waals surface area contributed by atoms with E-state index in [-0.39, 0.29) is 43.5 Å². The van der Waals surface area contributed by atoms with Crippen LogP contribution in [0, 0.1) is 0 Å². The number of aromatic nitrogens is 3. The molecule has 7 nitrogen and oxygen atoms in total. The molecule has 0 fully saturated rings. The number of carbonyl (C=O) groups is 1. The number of ether oxygens (including phenoxy) is 1. The largest absolute Gasteiger partial charge is 0.465 e. The highest BCUT2D eigenvalue weighted by atomic mass is 19.4. The average Bonchev–Trinajstić information content (AvgIpc) is 2.93. The Labute approximate surface area is 231 Å². The van der Waals surface area contributed by atoms with Crippen LogP contribution in [-0.2, 0) is 35.5 Å². The number of alkyl halides is 3. The van der Waals surface area contributed by atoms with Gasteiger partial charge in [0.2, 0.25) is 0 Å². The standard InChI is InChI=1S/C30H36F3N3O4/c1-3-27(37)40-21-22(2)25-15-9-14-23(19-25)13-7-8-17-35-28(38)26(20-24-11-5-4-6-12-24)34-36(29(35)39)18-10-16-30(31,32)33/h4-6,9,11-12,14-15,19,22H,3,7-8,10,13,16-18,20-21H2,1-2H3. The number of unbranched alkanes of at least 4 members (excludes halogenated alkanes) is 1. The van der Waals surface area contributed by atoms with E-state index < -0.39 is 23.8 Å². The minimum Gasteiger partial charge on any atom is -0.465 e. The number of hydrogen-bond acceptors (Lipinski definition) is 5. The van der Waals surface area contributed by atoms with E-state index in [1.54, 1.807) is 6.92 Å². The van der Waals surface area contributed by atoms with Crippen LogP contribution in [0.3, 0.4) is 0 Å². The maximum absolute atomic E-state index is 13.2. The molecule has 10 heteroatoms. The first-order valence-corrected chi connectivity index (χ1v) is 13.6. The van der Waals surface area contributed by atoms with Gasteiger partial charge in [0, 0.05) is 38.3 Å². The molecule has 40 heavy (non-hydrogen) atoms. The van der Waals surface area contributed by atoms with Gasteiger partial charge in [0.05, 0.1) is 6.61 Å². The Balaban J connectivity index is 1.69. The van der Waals surface area contributed by atoms with Crippen molar-refractivity contribution in [1.29, 1.82) is 0 Å². The Kier molecular flexibility index (Phi) is 11.3. The highest BCUT2D eigenvalue weighted by Crippen LogP contribution is 2.21. The third-order valence-corrected chi connectivity index (χ3v) is 6.63. The number of hydrogen-bond donors (Lipinski definition) is 0. The van der Waals surface area contributed by atoms with E-state index in [9.17, 15) is 27.6 Å². The third kappa shape index (κ3) is 9.50. The predicted octanol–water partition coefficient (Wildman–Crippen LogP) is 5.42. The predicted molar refractivity (Wildman–Crippen MR) is 146 cm³/mol. The monoisotopic (exact) mass is 559 g/mol. The summed E-state index contributed by atoms with van der Waals surface area (Å²) < 4.78 is 45.4. The van der Waals surface area contributed by atoms with Gasteiger partial charge in [-0.15, -0.1) is 0 Å². The highest BCUT2D eigenvalue weighted by Gasteiger charge is 2.26. The van der Waals surface area contributed by atoms with Crippen LogP contribution in [0.25, 0.3) is 0 Å². The molecule has 216 valence electrons. The van der Waals surface area contributed by atoms with Crippen LogP contribution >= 0.6 is 0 Å². The van der Waals surface area contributed by atoms with Crippen molar-refractivity contribution < 1.29 is 22.7 Å². The van der Waals surface area contributed by atoms with Crippen molar-refractivity contribution in [3.05, 3.63) is 97.8 Å². The molecule has 0 aliphatic carbocycles. The molecule has 0 aliphatic heterocycles. The van der Waals surface area contributed by atoms with Crippen molar-refractivity contribution in [2.24, 2.45) is 0 Å². The Morgan fingerprint density at radius 2 is 1.70 bits per heavy atom. The zero-order valence-electron chi connectivity index (χ0n) is 23.0. The van der Waals surface area contributed by atoms with E-state index in [1.165, 1.54) is 0 Å². The lowest BCUT2D eigenvalue weighted by molar-refractivity contribution is -0.143. The summed E-state index contributed by atoms with van der Waals surface area (Å²) in [6.07, 6.45) is -3.22. The zero-order chi connectivity index (χ0) is 29.1. The smallest absolute Gasteiger partial charge is 0.389 e. The fraction of sp³-hybridized carbons (Fsp3) is 0.467. The van der Waals surface area contributed by atoms with Crippen molar-refractivity contribution in [3.8, 4) is 0 Å². The Morgan fingerprint density at radius 1 is 0.975 bits per heavy atom. The molecule has 1 aromatic heterocycles. The fourth-order valence-electron chi connectivity index (χ4n) is 4.36. The molecule has 2 aromatic carbocycles. The highest BCUT2D eigenvalue weighted by molar-refractivity contribution is 5.68. The van der Waals surface area contributed by atoms with Gasteiger partial charge in [-0.2, -0.15) is 18.3 Å². The molecule has 0 N–H and O–H groups in total. The molecular formula is C30H36F3N3O4. The number of halogens is 3. The summed E-state index contributed by atoms with van der Waals surface area (Å²) in [6, 6.07) is 17.1. The summed E-state index contributed by atoms with van der Waals surface area (Å²) in [5, 5.41) is 4.15. The molecule has 0 radical (unpaired) electrons. The van der Waals surface area contributed by atoms with Crippen LogP contribution in [-0.4, -0.2) is 33.1 Å². The van der Waals surface area contributed by atoms with E-state index in [1.807, 2.05) is 55.5 Å². The van der Waals surface area contributed by atoms with Crippen molar-refractivity contribution in [3.63, 3.8) is 0 Å². The number of benzene rings is 2. The van der Waals surface area contributed by atoms with E-state index in [2.05, 4.69) is 11.2 Å². The third-order valence-electron chi connectivity index (χ3n) is 6.63. The Bertz CT molecular complexity index is 1370. The minimum absolute atomic E-state index is 0.0460. The SMILES string of the molecule is CCC(=O)OCC(C)c1cccc(CCCCn2c(=O)c(Cc3ccccc3)nn(CCCC(F)(F)F)c2=O)c1. The first-order chi connectivity index (χ1) is 19.1. The van der Waals surface area contributed by atoms with Gasteiger partial charge in [0.1, 0.15) is 5.69 Å². The molecule has 0 bridgehead atoms. The molecule has 1 atom stereocenters. The quantitative estimate of drug-likeness (QED) is 0.195. The maximum atomic E-state index is 13.2. The van der Waals surface area contributed by atoms with Crippen molar-refractivity contribution in [1.82, 2.24) is 14.3 Å². The Hall–Kier alpha value is -3.69. The number of carbonyl (C=O) groups excluding carboxylic acids is 1. The summed E-state index contributed by atoms with van der Waals surface area (Å²) in [5.41, 5.74) is 1.88. The summed E-state index contributed by atoms with van der Waals surface area (Å²) >= 11 is 0. The molecule has 3 rings (SSSR count). The van der Waals surface area contributed by atoms with Crippen LogP contribution in [0.15, 0.2) is 64.2 Å². The first kappa shape index (κ1) is 30.8. The van der Waals surface area contributed by atoms with Crippen LogP contribution in [0.4, 0.5) is 13.2 Å². The molecule has 0 saturated heterocycles. The average molecular weight is 560 g/mol. The first-order valence-electron chi connectivity index (χ1n) is 13.6. The lowest BCUT2D eigenvalue weighted by Gasteiger charge is -2.14. The van der Waals surface area contributed by atoms with Crippen LogP contribution in [0.5, 0.6) is 0 Å². The number of nitrogens with zero attached hydrogens (tertiary/aromatic N) is 3. The van der Waals surface area contributed by atoms with Crippen molar-refractivity contribution in [2.75, 3.05) is 6.61 Å². The van der Waals surface area contributed by atoms with Gasteiger partial charge in [-0.05, 0) is 42.4 Å². The molecule has 0 spiro atoms. The van der Waals surface area contributed by atoms with E-state index in [0.29, 0.717) is 32.3 Å². The molecular weight excluding hydrogens is 523 g/mol. The van der Waals surface area contributed by atoms with Gasteiger partial charge >= 0.3 is 17.8 Å². The second-order valence-electron chi connectivity index (χ2n) is 9.93. The topological polar surface area (TPSA) is 83.2 Å². The Morgan fingerprint density at radius 3 is 2.40 bits per heavy atom. The molecule has 1 heterocycles. The van der Waals surface area contributed by atoms with E-state index >= 15 is 0 Å². The maximum Gasteiger partial charge on any atom is 0.389 e. The molecule has 1 unspecified atom stereocenters. The van der Waals surface area contributed by atoms with Crippen LogP contribution < -0.4 is 11.2 Å². The van der Waals surface area contributed by atoms with Gasteiger partial charge in [-0.25, -0.2) is 9.48 Å². The van der Waals surface area contributed by atoms with Gasteiger partial charge < -0.3 is 4.74 Å². The second kappa shape index (κ2) is 14.6. The van der Waals surface area contributed by atoms with Crippen LogP contribution in [0.1, 0.15) is 74.3 Å². The fourth-order valence-corrected chi connectivity index (χ4v) is 4.36. The molecule has 3 aromatic rings. The van der Waals surface area contributed by atoms with Crippen molar-refractivity contribution >= 4 is 5.97 Å². The number of esters is 1. The van der Waals surface area contributed by atoms with Gasteiger partial charge in [-0.1, -0.05) is 68.4 Å². The molecule has 0 amide bonds. The lowest BCUT2D eigenvalue weighted by atomic mass is 9.98. The zero-order valence-corrected chi connectivity index (χ0v) is 23.0.